The summed E-state index contributed by atoms with van der Waals surface area (Å²) in [6.45, 7) is 5.57. The van der Waals surface area contributed by atoms with Crippen molar-refractivity contribution in [1.82, 2.24) is 10.2 Å². The van der Waals surface area contributed by atoms with E-state index < -0.39 is 11.5 Å². The van der Waals surface area contributed by atoms with E-state index in [0.29, 0.717) is 25.1 Å². The van der Waals surface area contributed by atoms with Crippen molar-refractivity contribution < 1.29 is 14.6 Å². The number of hydrogen-bond donors (Lipinski definition) is 2. The molecule has 0 aromatic carbocycles. The number of aliphatic carboxylic acids is 1. The fraction of sp³-hybridized carbons (Fsp3) is 0.933. The Morgan fingerprint density at radius 1 is 1.45 bits per heavy atom. The normalized spacial score (nSPS) is 23.6. The summed E-state index contributed by atoms with van der Waals surface area (Å²) in [4.78, 5) is 14.1. The molecule has 0 aromatic rings. The van der Waals surface area contributed by atoms with Crippen molar-refractivity contribution in [2.24, 2.45) is 0 Å². The predicted molar refractivity (Wildman–Crippen MR) is 77.9 cm³/mol. The largest absolute Gasteiger partial charge is 0.480 e. The first kappa shape index (κ1) is 15.7. The van der Waals surface area contributed by atoms with Gasteiger partial charge in [0.1, 0.15) is 5.54 Å². The molecule has 2 rings (SSSR count). The lowest BCUT2D eigenvalue weighted by molar-refractivity contribution is -0.145. The molecule has 2 atom stereocenters. The molecule has 116 valence electrons. The van der Waals surface area contributed by atoms with Crippen molar-refractivity contribution in [2.75, 3.05) is 20.3 Å². The molecule has 0 aromatic heterocycles. The minimum Gasteiger partial charge on any atom is -0.480 e. The average Bonchev–Trinajstić information content (AvgIpc) is 3.23. The SMILES string of the molecule is COCCN(C(C)CC(C)(NC1CC1)C(=O)O)C1CC1. The lowest BCUT2D eigenvalue weighted by Gasteiger charge is -2.35. The first-order chi connectivity index (χ1) is 9.46. The smallest absolute Gasteiger partial charge is 0.323 e. The molecule has 0 spiro atoms. The van der Waals surface area contributed by atoms with Gasteiger partial charge < -0.3 is 9.84 Å². The van der Waals surface area contributed by atoms with Crippen LogP contribution in [0.15, 0.2) is 0 Å². The highest BCUT2D eigenvalue weighted by Crippen LogP contribution is 2.32. The number of methoxy groups -OCH3 is 1. The summed E-state index contributed by atoms with van der Waals surface area (Å²) >= 11 is 0. The van der Waals surface area contributed by atoms with Crippen LogP contribution in [0.25, 0.3) is 0 Å². The zero-order valence-electron chi connectivity index (χ0n) is 12.9. The standard InChI is InChI=1S/C15H28N2O3/c1-11(17(8-9-20-3)13-6-7-13)10-15(2,14(18)19)16-12-4-5-12/h11-13,16H,4-10H2,1-3H3,(H,18,19). The second-order valence-corrected chi connectivity index (χ2v) is 6.57. The molecule has 2 saturated carbocycles. The number of hydrogen-bond acceptors (Lipinski definition) is 4. The van der Waals surface area contributed by atoms with Crippen molar-refractivity contribution in [3.05, 3.63) is 0 Å². The number of nitrogens with one attached hydrogen (secondary N) is 1. The molecule has 2 aliphatic carbocycles. The summed E-state index contributed by atoms with van der Waals surface area (Å²) in [5.74, 6) is -0.737. The molecule has 20 heavy (non-hydrogen) atoms. The van der Waals surface area contributed by atoms with Gasteiger partial charge in [0.05, 0.1) is 6.61 Å². The lowest BCUT2D eigenvalue weighted by atomic mass is 9.92. The van der Waals surface area contributed by atoms with Crippen LogP contribution in [-0.4, -0.2) is 59.9 Å². The van der Waals surface area contributed by atoms with E-state index in [1.807, 2.05) is 6.92 Å². The molecule has 5 nitrogen and oxygen atoms in total. The third-order valence-corrected chi connectivity index (χ3v) is 4.41. The van der Waals surface area contributed by atoms with E-state index in [4.69, 9.17) is 4.74 Å². The fourth-order valence-electron chi connectivity index (χ4n) is 2.96. The monoisotopic (exact) mass is 284 g/mol. The molecule has 5 heteroatoms. The van der Waals surface area contributed by atoms with Gasteiger partial charge in [-0.2, -0.15) is 0 Å². The first-order valence-corrected chi connectivity index (χ1v) is 7.72. The Kier molecular flexibility index (Phi) is 5.04. The Bertz CT molecular complexity index is 342. The van der Waals surface area contributed by atoms with Gasteiger partial charge in [-0.15, -0.1) is 0 Å². The quantitative estimate of drug-likeness (QED) is 0.636. The van der Waals surface area contributed by atoms with Crippen LogP contribution in [0.1, 0.15) is 46.0 Å². The van der Waals surface area contributed by atoms with Crippen LogP contribution in [0.3, 0.4) is 0 Å². The minimum atomic E-state index is -0.819. The van der Waals surface area contributed by atoms with Crippen LogP contribution < -0.4 is 5.32 Å². The van der Waals surface area contributed by atoms with Crippen LogP contribution >= 0.6 is 0 Å². The van der Waals surface area contributed by atoms with Gasteiger partial charge in [0.25, 0.3) is 0 Å². The van der Waals surface area contributed by atoms with Crippen molar-refractivity contribution in [3.8, 4) is 0 Å². The second-order valence-electron chi connectivity index (χ2n) is 6.57. The highest BCUT2D eigenvalue weighted by Gasteiger charge is 2.42. The van der Waals surface area contributed by atoms with Crippen LogP contribution in [0, 0.1) is 0 Å². The number of carboxylic acid groups (broad SMARTS) is 1. The maximum atomic E-state index is 11.6. The summed E-state index contributed by atoms with van der Waals surface area (Å²) in [7, 11) is 1.71. The van der Waals surface area contributed by atoms with E-state index in [-0.39, 0.29) is 6.04 Å². The molecule has 0 saturated heterocycles. The second kappa shape index (κ2) is 6.41. The van der Waals surface area contributed by atoms with E-state index in [1.165, 1.54) is 12.8 Å². The summed E-state index contributed by atoms with van der Waals surface area (Å²) in [6.07, 6.45) is 5.31. The third-order valence-electron chi connectivity index (χ3n) is 4.41. The summed E-state index contributed by atoms with van der Waals surface area (Å²) in [5, 5.41) is 12.9. The topological polar surface area (TPSA) is 61.8 Å². The zero-order chi connectivity index (χ0) is 14.8. The van der Waals surface area contributed by atoms with Gasteiger partial charge in [0, 0.05) is 31.8 Å². The number of carbonyl (C=O) groups is 1. The summed E-state index contributed by atoms with van der Waals surface area (Å²) < 4.78 is 5.18. The van der Waals surface area contributed by atoms with Gasteiger partial charge >= 0.3 is 5.97 Å². The van der Waals surface area contributed by atoms with Gasteiger partial charge in [-0.25, -0.2) is 0 Å². The van der Waals surface area contributed by atoms with Gasteiger partial charge in [0.15, 0.2) is 0 Å². The summed E-state index contributed by atoms with van der Waals surface area (Å²) in [6, 6.07) is 1.28. The van der Waals surface area contributed by atoms with Gasteiger partial charge in [-0.1, -0.05) is 0 Å². The highest BCUT2D eigenvalue weighted by atomic mass is 16.5. The molecule has 0 heterocycles. The van der Waals surface area contributed by atoms with Gasteiger partial charge in [0.2, 0.25) is 0 Å². The van der Waals surface area contributed by atoms with Gasteiger partial charge in [-0.3, -0.25) is 15.0 Å². The third kappa shape index (κ3) is 4.17. The first-order valence-electron chi connectivity index (χ1n) is 7.72. The van der Waals surface area contributed by atoms with Crippen LogP contribution in [0.5, 0.6) is 0 Å². The number of carboxylic acids is 1. The number of nitrogens with zero attached hydrogens (tertiary/aromatic N) is 1. The highest BCUT2D eigenvalue weighted by molar-refractivity contribution is 5.78. The Morgan fingerprint density at radius 3 is 2.55 bits per heavy atom. The van der Waals surface area contributed by atoms with E-state index in [1.54, 1.807) is 7.11 Å². The molecule has 2 unspecified atom stereocenters. The van der Waals surface area contributed by atoms with E-state index in [9.17, 15) is 9.90 Å². The molecular formula is C15H28N2O3. The van der Waals surface area contributed by atoms with Gasteiger partial charge in [-0.05, 0) is 46.0 Å². The number of ether oxygens (including phenoxy) is 1. The molecular weight excluding hydrogens is 256 g/mol. The lowest BCUT2D eigenvalue weighted by Crippen LogP contribution is -2.54. The molecule has 0 bridgehead atoms. The molecule has 0 amide bonds. The zero-order valence-corrected chi connectivity index (χ0v) is 12.9. The minimum absolute atomic E-state index is 0.255. The maximum absolute atomic E-state index is 11.6. The Labute approximate surface area is 121 Å². The Hall–Kier alpha value is -0.650. The van der Waals surface area contributed by atoms with E-state index in [0.717, 1.165) is 19.4 Å². The summed E-state index contributed by atoms with van der Waals surface area (Å²) in [5.41, 5.74) is -0.819. The van der Waals surface area contributed by atoms with Crippen molar-refractivity contribution in [1.29, 1.82) is 0 Å². The van der Waals surface area contributed by atoms with Crippen molar-refractivity contribution >= 4 is 5.97 Å². The maximum Gasteiger partial charge on any atom is 0.323 e. The van der Waals surface area contributed by atoms with Crippen LogP contribution in [-0.2, 0) is 9.53 Å². The average molecular weight is 284 g/mol. The van der Waals surface area contributed by atoms with E-state index >= 15 is 0 Å². The molecule has 2 aliphatic rings. The van der Waals surface area contributed by atoms with Crippen LogP contribution in [0.4, 0.5) is 0 Å². The predicted octanol–water partition coefficient (Wildman–Crippen LogP) is 1.47. The molecule has 0 radical (unpaired) electrons. The van der Waals surface area contributed by atoms with E-state index in [2.05, 4.69) is 17.1 Å². The Balaban J connectivity index is 1.94. The fourth-order valence-corrected chi connectivity index (χ4v) is 2.96. The molecule has 2 fully saturated rings. The molecule has 2 N–H and O–H groups in total. The molecule has 0 aliphatic heterocycles. The Morgan fingerprint density at radius 2 is 2.10 bits per heavy atom. The number of rotatable bonds is 10. The van der Waals surface area contributed by atoms with Crippen molar-refractivity contribution in [3.63, 3.8) is 0 Å². The van der Waals surface area contributed by atoms with Crippen molar-refractivity contribution in [2.45, 2.75) is 69.6 Å². The van der Waals surface area contributed by atoms with Crippen LogP contribution in [0.2, 0.25) is 0 Å².